The van der Waals surface area contributed by atoms with Crippen molar-refractivity contribution in [1.82, 2.24) is 15.0 Å². The number of nitrogens with zero attached hydrogens (tertiary/aromatic N) is 3. The fraction of sp³-hybridized carbons (Fsp3) is 0.240. The average molecular weight is 529 g/mol. The van der Waals surface area contributed by atoms with Gasteiger partial charge in [0.1, 0.15) is 22.9 Å². The second kappa shape index (κ2) is 10.5. The highest BCUT2D eigenvalue weighted by Gasteiger charge is 2.20. The van der Waals surface area contributed by atoms with Crippen LogP contribution in [0.5, 0.6) is 5.75 Å². The number of alkyl halides is 1. The standard InChI is InChI=1S/C25H26F2N6O3S/c1-14(2)36-20-12-16(17-5-3-6-19(22(17)27)33-37(34,35)10-4-9-26)11-18-23(20)31-25(32-24(18)29)15-7-8-21(28)30-13-15/h3,5-8,11-14,33H,4,9-10H2,1-2H3,(H2,28,30)(H2,29,31,32). The molecule has 0 aliphatic rings. The molecule has 0 radical (unpaired) electrons. The number of hydrogen-bond donors (Lipinski definition) is 3. The molecule has 194 valence electrons. The zero-order valence-corrected chi connectivity index (χ0v) is 21.0. The van der Waals surface area contributed by atoms with Crippen LogP contribution in [0, 0.1) is 5.82 Å². The van der Waals surface area contributed by atoms with E-state index in [0.717, 1.165) is 0 Å². The van der Waals surface area contributed by atoms with Crippen LogP contribution in [0.15, 0.2) is 48.7 Å². The summed E-state index contributed by atoms with van der Waals surface area (Å²) in [4.78, 5) is 13.1. The van der Waals surface area contributed by atoms with Gasteiger partial charge in [-0.3, -0.25) is 9.11 Å². The molecule has 5 N–H and O–H groups in total. The molecule has 2 aromatic heterocycles. The summed E-state index contributed by atoms with van der Waals surface area (Å²) in [7, 11) is -3.93. The molecule has 4 aromatic rings. The van der Waals surface area contributed by atoms with Gasteiger partial charge in [0.25, 0.3) is 0 Å². The van der Waals surface area contributed by atoms with Crippen LogP contribution in [-0.2, 0) is 10.0 Å². The molecule has 2 heterocycles. The summed E-state index contributed by atoms with van der Waals surface area (Å²) in [5, 5.41) is 0.425. The highest BCUT2D eigenvalue weighted by molar-refractivity contribution is 7.92. The SMILES string of the molecule is CC(C)Oc1cc(-c2cccc(NS(=O)(=O)CCCF)c2F)cc2c(N)nc(-c3ccc(N)nc3)nc12. The van der Waals surface area contributed by atoms with E-state index >= 15 is 4.39 Å². The molecule has 0 amide bonds. The van der Waals surface area contributed by atoms with Crippen molar-refractivity contribution in [2.24, 2.45) is 0 Å². The first-order valence-electron chi connectivity index (χ1n) is 11.4. The fourth-order valence-corrected chi connectivity index (χ4v) is 4.77. The van der Waals surface area contributed by atoms with Crippen molar-refractivity contribution in [2.75, 3.05) is 28.6 Å². The van der Waals surface area contributed by atoms with Gasteiger partial charge in [0.15, 0.2) is 11.6 Å². The van der Waals surface area contributed by atoms with E-state index in [0.29, 0.717) is 39.4 Å². The third kappa shape index (κ3) is 5.85. The summed E-state index contributed by atoms with van der Waals surface area (Å²) in [5.41, 5.74) is 13.2. The van der Waals surface area contributed by atoms with Gasteiger partial charge < -0.3 is 16.2 Å². The number of pyridine rings is 1. The van der Waals surface area contributed by atoms with Gasteiger partial charge in [-0.25, -0.2) is 27.8 Å². The molecular weight excluding hydrogens is 502 g/mol. The van der Waals surface area contributed by atoms with E-state index in [4.69, 9.17) is 16.2 Å². The molecule has 0 bridgehead atoms. The van der Waals surface area contributed by atoms with E-state index in [-0.39, 0.29) is 29.6 Å². The highest BCUT2D eigenvalue weighted by Crippen LogP contribution is 2.37. The second-order valence-corrected chi connectivity index (χ2v) is 10.4. The molecule has 37 heavy (non-hydrogen) atoms. The zero-order valence-electron chi connectivity index (χ0n) is 20.2. The second-order valence-electron chi connectivity index (χ2n) is 8.57. The lowest BCUT2D eigenvalue weighted by molar-refractivity contribution is 0.245. The number of benzene rings is 2. The van der Waals surface area contributed by atoms with Crippen molar-refractivity contribution in [3.63, 3.8) is 0 Å². The van der Waals surface area contributed by atoms with Crippen LogP contribution in [-0.4, -0.2) is 41.9 Å². The molecule has 12 heteroatoms. The first-order chi connectivity index (χ1) is 17.6. The summed E-state index contributed by atoms with van der Waals surface area (Å²) >= 11 is 0. The van der Waals surface area contributed by atoms with Crippen LogP contribution in [0.4, 0.5) is 26.1 Å². The van der Waals surface area contributed by atoms with Crippen molar-refractivity contribution >= 4 is 38.2 Å². The smallest absolute Gasteiger partial charge is 0.232 e. The third-order valence-electron chi connectivity index (χ3n) is 5.32. The monoisotopic (exact) mass is 528 g/mol. The number of fused-ring (bicyclic) bond motifs is 1. The van der Waals surface area contributed by atoms with E-state index in [9.17, 15) is 12.8 Å². The Bertz CT molecular complexity index is 1550. The molecule has 0 aliphatic carbocycles. The van der Waals surface area contributed by atoms with Crippen LogP contribution >= 0.6 is 0 Å². The number of hydrogen-bond acceptors (Lipinski definition) is 8. The van der Waals surface area contributed by atoms with Crippen molar-refractivity contribution < 1.29 is 21.9 Å². The molecule has 0 saturated carbocycles. The van der Waals surface area contributed by atoms with E-state index < -0.39 is 28.3 Å². The topological polar surface area (TPSA) is 146 Å². The van der Waals surface area contributed by atoms with E-state index in [1.807, 2.05) is 13.8 Å². The Balaban J connectivity index is 1.84. The number of anilines is 3. The van der Waals surface area contributed by atoms with Gasteiger partial charge in [0, 0.05) is 22.7 Å². The first kappa shape index (κ1) is 26.0. The molecule has 0 fully saturated rings. The van der Waals surface area contributed by atoms with E-state index in [1.54, 1.807) is 24.3 Å². The van der Waals surface area contributed by atoms with Gasteiger partial charge in [-0.1, -0.05) is 12.1 Å². The minimum Gasteiger partial charge on any atom is -0.489 e. The summed E-state index contributed by atoms with van der Waals surface area (Å²) in [6.07, 6.45) is 1.10. The van der Waals surface area contributed by atoms with Crippen molar-refractivity contribution in [3.05, 3.63) is 54.5 Å². The zero-order chi connectivity index (χ0) is 26.7. The summed E-state index contributed by atoms with van der Waals surface area (Å²) < 4.78 is 60.6. The Hall–Kier alpha value is -4.06. The molecule has 0 atom stereocenters. The molecule has 4 rings (SSSR count). The number of aromatic nitrogens is 3. The van der Waals surface area contributed by atoms with Gasteiger partial charge in [0.2, 0.25) is 10.0 Å². The Labute approximate surface area is 213 Å². The molecule has 9 nitrogen and oxygen atoms in total. The number of nitrogens with two attached hydrogens (primary N) is 2. The lowest BCUT2D eigenvalue weighted by atomic mass is 10.0. The minimum atomic E-state index is -3.93. The van der Waals surface area contributed by atoms with Crippen molar-refractivity contribution in [2.45, 2.75) is 26.4 Å². The largest absolute Gasteiger partial charge is 0.489 e. The van der Waals surface area contributed by atoms with Gasteiger partial charge >= 0.3 is 0 Å². The number of nitrogens with one attached hydrogen (secondary N) is 1. The Morgan fingerprint density at radius 3 is 2.54 bits per heavy atom. The van der Waals surface area contributed by atoms with Gasteiger partial charge in [-0.05, 0) is 56.2 Å². The quantitative estimate of drug-likeness (QED) is 0.287. The average Bonchev–Trinajstić information content (AvgIpc) is 2.84. The van der Waals surface area contributed by atoms with Crippen LogP contribution in [0.1, 0.15) is 20.3 Å². The van der Waals surface area contributed by atoms with Crippen LogP contribution in [0.25, 0.3) is 33.4 Å². The lowest BCUT2D eigenvalue weighted by Gasteiger charge is -2.17. The van der Waals surface area contributed by atoms with Crippen LogP contribution < -0.4 is 20.9 Å². The Morgan fingerprint density at radius 2 is 1.86 bits per heavy atom. The van der Waals surface area contributed by atoms with Gasteiger partial charge in [0.05, 0.1) is 24.2 Å². The summed E-state index contributed by atoms with van der Waals surface area (Å²) in [6, 6.07) is 10.9. The first-order valence-corrected chi connectivity index (χ1v) is 13.1. The maximum absolute atomic E-state index is 15.5. The number of rotatable bonds is 9. The van der Waals surface area contributed by atoms with Gasteiger partial charge in [-0.2, -0.15) is 0 Å². The number of nitrogen functional groups attached to an aromatic ring is 2. The number of halogens is 2. The molecule has 0 unspecified atom stereocenters. The summed E-state index contributed by atoms with van der Waals surface area (Å²) in [5.74, 6) is -0.125. The summed E-state index contributed by atoms with van der Waals surface area (Å²) in [6.45, 7) is 2.88. The maximum atomic E-state index is 15.5. The molecule has 0 aliphatic heterocycles. The number of sulfonamides is 1. The molecule has 0 spiro atoms. The fourth-order valence-electron chi connectivity index (χ4n) is 3.69. The van der Waals surface area contributed by atoms with Crippen LogP contribution in [0.3, 0.4) is 0 Å². The Kier molecular flexibility index (Phi) is 7.39. The molecule has 2 aromatic carbocycles. The van der Waals surface area contributed by atoms with Crippen molar-refractivity contribution in [1.29, 1.82) is 0 Å². The third-order valence-corrected chi connectivity index (χ3v) is 6.68. The minimum absolute atomic E-state index is 0.104. The number of ether oxygens (including phenoxy) is 1. The van der Waals surface area contributed by atoms with Crippen molar-refractivity contribution in [3.8, 4) is 28.3 Å². The predicted octanol–water partition coefficient (Wildman–Crippen LogP) is 4.55. The van der Waals surface area contributed by atoms with Gasteiger partial charge in [-0.15, -0.1) is 0 Å². The van der Waals surface area contributed by atoms with Crippen LogP contribution in [0.2, 0.25) is 0 Å². The van der Waals surface area contributed by atoms with E-state index in [1.165, 1.54) is 24.4 Å². The lowest BCUT2D eigenvalue weighted by Crippen LogP contribution is -2.18. The predicted molar refractivity (Wildman–Crippen MR) is 141 cm³/mol. The molecular formula is C25H26F2N6O3S. The Morgan fingerprint density at radius 1 is 1.08 bits per heavy atom. The normalized spacial score (nSPS) is 11.7. The maximum Gasteiger partial charge on any atom is 0.232 e. The molecule has 0 saturated heterocycles. The highest BCUT2D eigenvalue weighted by atomic mass is 32.2. The van der Waals surface area contributed by atoms with E-state index in [2.05, 4.69) is 19.7 Å².